The normalized spacial score (nSPS) is 11.7. The van der Waals surface area contributed by atoms with Crippen molar-refractivity contribution in [1.29, 1.82) is 0 Å². The molecular formula is C30H67N4O3PS2. The molecule has 0 aromatic rings. The summed E-state index contributed by atoms with van der Waals surface area (Å²) in [6.45, 7) is 8.41. The van der Waals surface area contributed by atoms with Gasteiger partial charge in [0.2, 0.25) is 0 Å². The van der Waals surface area contributed by atoms with Crippen molar-refractivity contribution in [3.8, 4) is 0 Å². The topological polar surface area (TPSA) is 126 Å². The summed E-state index contributed by atoms with van der Waals surface area (Å²) < 4.78 is 4.22. The highest BCUT2D eigenvalue weighted by Crippen LogP contribution is 2.22. The van der Waals surface area contributed by atoms with Gasteiger partial charge in [0.25, 0.3) is 0 Å². The molecule has 0 aliphatic carbocycles. The van der Waals surface area contributed by atoms with Crippen LogP contribution in [0.1, 0.15) is 149 Å². The van der Waals surface area contributed by atoms with Gasteiger partial charge in [0, 0.05) is 13.1 Å². The van der Waals surface area contributed by atoms with Crippen LogP contribution >= 0.6 is 32.1 Å². The number of rotatable bonds is 24. The number of unbranched alkanes of at least 4 members (excludes halogenated alkanes) is 18. The van der Waals surface area contributed by atoms with E-state index in [1.165, 1.54) is 152 Å². The molecule has 0 bridgehead atoms. The van der Waals surface area contributed by atoms with Crippen molar-refractivity contribution in [2.75, 3.05) is 32.2 Å². The van der Waals surface area contributed by atoms with Gasteiger partial charge in [0.1, 0.15) is 0 Å². The number of nitrogens with two attached hydrogens (primary N) is 2. The van der Waals surface area contributed by atoms with Crippen LogP contribution < -0.4 is 11.5 Å². The van der Waals surface area contributed by atoms with Gasteiger partial charge in [-0.15, -0.1) is 0 Å². The van der Waals surface area contributed by atoms with Crippen molar-refractivity contribution in [1.82, 2.24) is 0 Å². The Hall–Kier alpha value is -0.0500. The van der Waals surface area contributed by atoms with Crippen molar-refractivity contribution in [3.63, 3.8) is 0 Å². The molecule has 0 aliphatic heterocycles. The smallest absolute Gasteiger partial charge is 0.327 e. The lowest BCUT2D eigenvalue weighted by molar-refractivity contribution is 0.269. The summed E-state index contributed by atoms with van der Waals surface area (Å²) in [5, 5.41) is 1.45. The average molecular weight is 627 g/mol. The molecule has 0 atom stereocenters. The molecule has 7 nitrogen and oxygen atoms in total. The molecule has 0 aliphatic rings. The van der Waals surface area contributed by atoms with Crippen molar-refractivity contribution >= 4 is 42.5 Å². The van der Waals surface area contributed by atoms with E-state index in [-0.39, 0.29) is 0 Å². The molecule has 0 amide bonds. The number of amidine groups is 2. The Labute approximate surface area is 259 Å². The first-order valence-corrected chi connectivity index (χ1v) is 19.5. The molecule has 0 unspecified atom stereocenters. The summed E-state index contributed by atoms with van der Waals surface area (Å²) in [4.78, 5) is 24.4. The van der Waals surface area contributed by atoms with Gasteiger partial charge in [-0.1, -0.05) is 153 Å². The van der Waals surface area contributed by atoms with Crippen molar-refractivity contribution in [2.24, 2.45) is 21.5 Å². The summed E-state index contributed by atoms with van der Waals surface area (Å²) in [5.41, 5.74) is 11.2. The largest absolute Gasteiger partial charge is 0.379 e. The van der Waals surface area contributed by atoms with E-state index >= 15 is 0 Å². The zero-order valence-corrected chi connectivity index (χ0v) is 29.4. The summed E-state index contributed by atoms with van der Waals surface area (Å²) in [6, 6.07) is 0. The molecule has 40 heavy (non-hydrogen) atoms. The van der Waals surface area contributed by atoms with Crippen LogP contribution in [0.3, 0.4) is 0 Å². The Balaban J connectivity index is -0.000000569. The summed E-state index contributed by atoms with van der Waals surface area (Å²) in [6.07, 6.45) is 31.4. The maximum atomic E-state index is 7.95. The summed E-state index contributed by atoms with van der Waals surface area (Å²) >= 11 is 3.07. The van der Waals surface area contributed by atoms with Crippen LogP contribution in [-0.2, 0) is 4.52 Å². The van der Waals surface area contributed by atoms with E-state index in [0.29, 0.717) is 6.61 Å². The van der Waals surface area contributed by atoms with Crippen LogP contribution in [0.25, 0.3) is 0 Å². The first kappa shape index (κ1) is 44.4. The van der Waals surface area contributed by atoms with E-state index in [1.807, 2.05) is 12.5 Å². The number of hydrogen-bond acceptors (Lipinski definition) is 7. The monoisotopic (exact) mass is 626 g/mol. The van der Waals surface area contributed by atoms with E-state index in [0.717, 1.165) is 23.4 Å². The third-order valence-electron chi connectivity index (χ3n) is 6.22. The van der Waals surface area contributed by atoms with E-state index in [9.17, 15) is 0 Å². The van der Waals surface area contributed by atoms with Gasteiger partial charge in [-0.25, -0.2) is 0 Å². The van der Waals surface area contributed by atoms with E-state index in [1.54, 1.807) is 6.92 Å². The zero-order chi connectivity index (χ0) is 30.5. The van der Waals surface area contributed by atoms with Crippen LogP contribution in [0.5, 0.6) is 0 Å². The van der Waals surface area contributed by atoms with Crippen LogP contribution in [0.2, 0.25) is 0 Å². The minimum atomic E-state index is -2.10. The van der Waals surface area contributed by atoms with Gasteiger partial charge in [0.05, 0.1) is 6.61 Å². The molecule has 0 radical (unpaired) electrons. The molecule has 0 saturated carbocycles. The molecule has 242 valence electrons. The molecular weight excluding hydrogens is 559 g/mol. The highest BCUT2D eigenvalue weighted by atomic mass is 32.2. The molecule has 0 fully saturated rings. The Morgan fingerprint density at radius 2 is 0.825 bits per heavy atom. The van der Waals surface area contributed by atoms with Crippen LogP contribution in [0, 0.1) is 0 Å². The molecule has 0 heterocycles. The van der Waals surface area contributed by atoms with Gasteiger partial charge in [-0.3, -0.25) is 9.98 Å². The second-order valence-corrected chi connectivity index (χ2v) is 12.3. The third kappa shape index (κ3) is 47.7. The van der Waals surface area contributed by atoms with Gasteiger partial charge >= 0.3 is 8.60 Å². The fraction of sp³-hybridized carbons (Fsp3) is 0.933. The Bertz CT molecular complexity index is 491. The lowest BCUT2D eigenvalue weighted by Gasteiger charge is -2.01. The molecule has 0 spiro atoms. The highest BCUT2D eigenvalue weighted by Gasteiger charge is 1.94. The van der Waals surface area contributed by atoms with Gasteiger partial charge in [-0.2, -0.15) is 0 Å². The number of aliphatic imine (C=N–C) groups is 2. The van der Waals surface area contributed by atoms with E-state index in [2.05, 4.69) is 28.4 Å². The van der Waals surface area contributed by atoms with Gasteiger partial charge in [0.15, 0.2) is 10.3 Å². The minimum absolute atomic E-state index is 0.360. The average Bonchev–Trinajstić information content (AvgIpc) is 2.95. The fourth-order valence-corrected chi connectivity index (χ4v) is 4.49. The molecule has 0 aromatic carbocycles. The second kappa shape index (κ2) is 41.1. The lowest BCUT2D eigenvalue weighted by atomic mass is 10.1. The van der Waals surface area contributed by atoms with Crippen molar-refractivity contribution in [2.45, 2.75) is 149 Å². The maximum Gasteiger partial charge on any atom is 0.327 e. The Morgan fingerprint density at radius 1 is 0.550 bits per heavy atom. The first-order valence-electron chi connectivity index (χ1n) is 15.9. The quantitative estimate of drug-likeness (QED) is 0.0364. The predicted octanol–water partition coefficient (Wildman–Crippen LogP) is 9.40. The fourth-order valence-electron chi connectivity index (χ4n) is 3.82. The number of hydrogen-bond donors (Lipinski definition) is 4. The Kier molecular flexibility index (Phi) is 45.6. The Morgan fingerprint density at radius 3 is 1.02 bits per heavy atom. The molecule has 0 saturated heterocycles. The van der Waals surface area contributed by atoms with E-state index < -0.39 is 8.60 Å². The number of nitrogens with zero attached hydrogens (tertiary/aromatic N) is 2. The van der Waals surface area contributed by atoms with Crippen molar-refractivity contribution in [3.05, 3.63) is 0 Å². The van der Waals surface area contributed by atoms with E-state index in [4.69, 9.17) is 21.3 Å². The van der Waals surface area contributed by atoms with Gasteiger partial charge in [-0.05, 0) is 32.3 Å². The third-order valence-corrected chi connectivity index (χ3v) is 7.81. The van der Waals surface area contributed by atoms with Crippen LogP contribution in [-0.4, -0.2) is 52.3 Å². The SMILES string of the molecule is CCCCCCCCCCCCN=C(N)SC.CCCCCCCCCCCCN=C(N)SC.CCOP(O)O. The van der Waals surface area contributed by atoms with Crippen LogP contribution in [0.15, 0.2) is 9.98 Å². The molecule has 6 N–H and O–H groups in total. The number of thioether (sulfide) groups is 2. The molecule has 0 rings (SSSR count). The first-order chi connectivity index (χ1) is 19.4. The molecule has 10 heteroatoms. The second-order valence-electron chi connectivity index (χ2n) is 9.88. The lowest BCUT2D eigenvalue weighted by Crippen LogP contribution is -2.06. The minimum Gasteiger partial charge on any atom is -0.379 e. The molecule has 0 aromatic heterocycles. The zero-order valence-electron chi connectivity index (χ0n) is 26.9. The maximum absolute atomic E-state index is 7.95. The van der Waals surface area contributed by atoms with Crippen molar-refractivity contribution < 1.29 is 14.3 Å². The predicted molar refractivity (Wildman–Crippen MR) is 187 cm³/mol. The standard InChI is InChI=1S/2C14H30N2S.C2H7O3P/c2*1-3-4-5-6-7-8-9-10-11-12-13-16-14(15)17-2;1-2-5-6(3)4/h2*3-13H2,1-2H3,(H2,15,16);3-4H,2H2,1H3. The summed E-state index contributed by atoms with van der Waals surface area (Å²) in [7, 11) is -2.10. The van der Waals surface area contributed by atoms with Crippen LogP contribution in [0.4, 0.5) is 0 Å². The highest BCUT2D eigenvalue weighted by molar-refractivity contribution is 8.13. The summed E-state index contributed by atoms with van der Waals surface area (Å²) in [5.74, 6) is 0. The van der Waals surface area contributed by atoms with Gasteiger partial charge < -0.3 is 25.8 Å².